The van der Waals surface area contributed by atoms with Gasteiger partial charge in [0.1, 0.15) is 0 Å². The summed E-state index contributed by atoms with van der Waals surface area (Å²) < 4.78 is 5.84. The van der Waals surface area contributed by atoms with E-state index in [9.17, 15) is 9.59 Å². The summed E-state index contributed by atoms with van der Waals surface area (Å²) in [6.45, 7) is 5.93. The number of hydrogen-bond acceptors (Lipinski definition) is 3. The molecular weight excluding hydrogens is 280 g/mol. The summed E-state index contributed by atoms with van der Waals surface area (Å²) in [5, 5.41) is 5.97. The molecule has 5 heteroatoms. The van der Waals surface area contributed by atoms with Gasteiger partial charge < -0.3 is 15.4 Å². The Morgan fingerprint density at radius 1 is 1.23 bits per heavy atom. The number of allylic oxidation sites excluding steroid dienone is 2. The number of amides is 2. The summed E-state index contributed by atoms with van der Waals surface area (Å²) in [7, 11) is 0. The second kappa shape index (κ2) is 7.09. The van der Waals surface area contributed by atoms with Gasteiger partial charge in [-0.05, 0) is 56.9 Å². The second-order valence-electron chi connectivity index (χ2n) is 6.10. The monoisotopic (exact) mass is 306 g/mol. The lowest BCUT2D eigenvalue weighted by Gasteiger charge is -2.38. The molecule has 0 bridgehead atoms. The van der Waals surface area contributed by atoms with Crippen LogP contribution in [0, 0.1) is 0 Å². The van der Waals surface area contributed by atoms with Crippen LogP contribution in [0.1, 0.15) is 52.9 Å². The molecule has 5 nitrogen and oxygen atoms in total. The molecule has 0 unspecified atom stereocenters. The molecule has 22 heavy (non-hydrogen) atoms. The summed E-state index contributed by atoms with van der Waals surface area (Å²) in [4.78, 5) is 24.0. The van der Waals surface area contributed by atoms with Crippen LogP contribution in [0.4, 0.5) is 4.79 Å². The molecule has 122 valence electrons. The van der Waals surface area contributed by atoms with E-state index in [1.54, 1.807) is 0 Å². The van der Waals surface area contributed by atoms with Gasteiger partial charge >= 0.3 is 6.03 Å². The highest BCUT2D eigenvalue weighted by Crippen LogP contribution is 2.30. The SMILES string of the molecule is CCOC1(NC(=O)NC2CCCCC2)C(C)=CC(=O)C=C1C. The maximum Gasteiger partial charge on any atom is 0.317 e. The van der Waals surface area contributed by atoms with Gasteiger partial charge in [-0.15, -0.1) is 0 Å². The van der Waals surface area contributed by atoms with Crippen LogP contribution in [-0.2, 0) is 9.53 Å². The Morgan fingerprint density at radius 2 is 1.82 bits per heavy atom. The maximum atomic E-state index is 12.4. The number of ketones is 1. The number of rotatable bonds is 4. The molecule has 0 aromatic rings. The Hall–Kier alpha value is -1.62. The molecule has 0 saturated heterocycles. The second-order valence-corrected chi connectivity index (χ2v) is 6.10. The van der Waals surface area contributed by atoms with E-state index < -0.39 is 5.72 Å². The molecule has 2 aliphatic carbocycles. The summed E-state index contributed by atoms with van der Waals surface area (Å²) in [5.41, 5.74) is 0.401. The lowest BCUT2D eigenvalue weighted by atomic mass is 9.89. The van der Waals surface area contributed by atoms with Crippen molar-refractivity contribution in [3.05, 3.63) is 23.3 Å². The Balaban J connectivity index is 2.10. The van der Waals surface area contributed by atoms with Crippen molar-refractivity contribution < 1.29 is 14.3 Å². The van der Waals surface area contributed by atoms with Crippen LogP contribution >= 0.6 is 0 Å². The molecule has 2 rings (SSSR count). The first-order valence-electron chi connectivity index (χ1n) is 8.12. The smallest absolute Gasteiger partial charge is 0.317 e. The minimum atomic E-state index is -1.01. The predicted molar refractivity (Wildman–Crippen MR) is 85.4 cm³/mol. The minimum Gasteiger partial charge on any atom is -0.348 e. The van der Waals surface area contributed by atoms with Crippen molar-refractivity contribution >= 4 is 11.8 Å². The Bertz CT molecular complexity index is 480. The van der Waals surface area contributed by atoms with Crippen LogP contribution in [0.25, 0.3) is 0 Å². The molecule has 0 aromatic heterocycles. The highest BCUT2D eigenvalue weighted by molar-refractivity contribution is 6.02. The molecule has 0 heterocycles. The zero-order valence-corrected chi connectivity index (χ0v) is 13.7. The summed E-state index contributed by atoms with van der Waals surface area (Å²) in [6.07, 6.45) is 8.65. The Kier molecular flexibility index (Phi) is 5.40. The maximum absolute atomic E-state index is 12.4. The number of nitrogens with one attached hydrogen (secondary N) is 2. The first-order valence-corrected chi connectivity index (χ1v) is 8.12. The van der Waals surface area contributed by atoms with E-state index >= 15 is 0 Å². The van der Waals surface area contributed by atoms with Crippen molar-refractivity contribution in [2.75, 3.05) is 6.61 Å². The van der Waals surface area contributed by atoms with E-state index in [0.717, 1.165) is 25.7 Å². The van der Waals surface area contributed by atoms with Gasteiger partial charge in [0, 0.05) is 12.6 Å². The third-order valence-electron chi connectivity index (χ3n) is 4.42. The molecule has 2 amide bonds. The molecule has 1 fully saturated rings. The molecule has 2 N–H and O–H groups in total. The van der Waals surface area contributed by atoms with Gasteiger partial charge in [0.15, 0.2) is 11.5 Å². The van der Waals surface area contributed by atoms with E-state index in [0.29, 0.717) is 17.8 Å². The fraction of sp³-hybridized carbons (Fsp3) is 0.647. The molecule has 2 aliphatic rings. The first-order chi connectivity index (χ1) is 10.5. The van der Waals surface area contributed by atoms with E-state index in [4.69, 9.17) is 4.74 Å². The molecule has 0 aromatic carbocycles. The van der Waals surface area contributed by atoms with Gasteiger partial charge in [-0.2, -0.15) is 0 Å². The van der Waals surface area contributed by atoms with Crippen LogP contribution in [0.5, 0.6) is 0 Å². The third-order valence-corrected chi connectivity index (χ3v) is 4.42. The lowest BCUT2D eigenvalue weighted by molar-refractivity contribution is -0.111. The van der Waals surface area contributed by atoms with Gasteiger partial charge in [0.05, 0.1) is 0 Å². The molecule has 0 radical (unpaired) electrons. The molecule has 1 saturated carbocycles. The van der Waals surface area contributed by atoms with E-state index in [1.165, 1.54) is 18.6 Å². The van der Waals surface area contributed by atoms with Crippen LogP contribution in [0.3, 0.4) is 0 Å². The van der Waals surface area contributed by atoms with Crippen LogP contribution in [-0.4, -0.2) is 30.2 Å². The summed E-state index contributed by atoms with van der Waals surface area (Å²) in [6, 6.07) is -0.0126. The number of ether oxygens (including phenoxy) is 1. The zero-order valence-electron chi connectivity index (χ0n) is 13.7. The van der Waals surface area contributed by atoms with Crippen LogP contribution in [0.2, 0.25) is 0 Å². The van der Waals surface area contributed by atoms with Crippen molar-refractivity contribution in [3.8, 4) is 0 Å². The lowest BCUT2D eigenvalue weighted by Crippen LogP contribution is -2.58. The fourth-order valence-electron chi connectivity index (χ4n) is 3.29. The van der Waals surface area contributed by atoms with Crippen molar-refractivity contribution in [1.29, 1.82) is 0 Å². The number of urea groups is 1. The first kappa shape index (κ1) is 16.7. The quantitative estimate of drug-likeness (QED) is 0.785. The summed E-state index contributed by atoms with van der Waals surface area (Å²) in [5.74, 6) is -0.0696. The minimum absolute atomic E-state index is 0.0696. The zero-order chi connectivity index (χ0) is 16.2. The number of carbonyl (C=O) groups is 2. The van der Waals surface area contributed by atoms with Gasteiger partial charge in [-0.25, -0.2) is 4.79 Å². The molecule has 0 atom stereocenters. The van der Waals surface area contributed by atoms with Crippen molar-refractivity contribution in [2.24, 2.45) is 0 Å². The highest BCUT2D eigenvalue weighted by atomic mass is 16.5. The average Bonchev–Trinajstić information content (AvgIpc) is 2.45. The number of hydrogen-bond donors (Lipinski definition) is 2. The Morgan fingerprint density at radius 3 is 2.36 bits per heavy atom. The van der Waals surface area contributed by atoms with E-state index in [-0.39, 0.29) is 17.9 Å². The molecule has 0 aliphatic heterocycles. The van der Waals surface area contributed by atoms with Gasteiger partial charge in [-0.3, -0.25) is 4.79 Å². The summed E-state index contributed by atoms with van der Waals surface area (Å²) >= 11 is 0. The third kappa shape index (κ3) is 3.58. The predicted octanol–water partition coefficient (Wildman–Crippen LogP) is 2.83. The van der Waals surface area contributed by atoms with Gasteiger partial charge in [0.25, 0.3) is 0 Å². The normalized spacial score (nSPS) is 21.9. The standard InChI is InChI=1S/C17H26N2O3/c1-4-22-17(12(2)10-15(20)11-13(17)3)19-16(21)18-14-8-6-5-7-9-14/h10-11,14H,4-9H2,1-3H3,(H2,18,19,21). The molecular formula is C17H26N2O3. The van der Waals surface area contributed by atoms with E-state index in [2.05, 4.69) is 10.6 Å². The molecule has 0 spiro atoms. The fourth-order valence-corrected chi connectivity index (χ4v) is 3.29. The van der Waals surface area contributed by atoms with Crippen LogP contribution < -0.4 is 10.6 Å². The van der Waals surface area contributed by atoms with Crippen molar-refractivity contribution in [2.45, 2.75) is 64.6 Å². The van der Waals surface area contributed by atoms with Crippen molar-refractivity contribution in [3.63, 3.8) is 0 Å². The van der Waals surface area contributed by atoms with Gasteiger partial charge in [-0.1, -0.05) is 19.3 Å². The van der Waals surface area contributed by atoms with Gasteiger partial charge in [0.2, 0.25) is 0 Å². The topological polar surface area (TPSA) is 67.4 Å². The van der Waals surface area contributed by atoms with E-state index in [1.807, 2.05) is 20.8 Å². The van der Waals surface area contributed by atoms with Crippen molar-refractivity contribution in [1.82, 2.24) is 10.6 Å². The van der Waals surface area contributed by atoms with Crippen LogP contribution in [0.15, 0.2) is 23.3 Å². The largest absolute Gasteiger partial charge is 0.348 e. The average molecular weight is 306 g/mol. The number of carbonyl (C=O) groups excluding carboxylic acids is 2. The Labute approximate surface area is 132 Å². The highest BCUT2D eigenvalue weighted by Gasteiger charge is 2.39.